The highest BCUT2D eigenvalue weighted by Gasteiger charge is 2.27. The molecule has 3 nitrogen and oxygen atoms in total. The summed E-state index contributed by atoms with van der Waals surface area (Å²) in [7, 11) is 2.09. The minimum atomic E-state index is 0.123. The van der Waals surface area contributed by atoms with Gasteiger partial charge in [-0.1, -0.05) is 12.1 Å². The van der Waals surface area contributed by atoms with E-state index < -0.39 is 0 Å². The average molecular weight is 297 g/mol. The van der Waals surface area contributed by atoms with Crippen molar-refractivity contribution in [2.24, 2.45) is 0 Å². The molecular formula is C13H17BrN2O. The van der Waals surface area contributed by atoms with Crippen molar-refractivity contribution in [3.63, 3.8) is 0 Å². The Balaban J connectivity index is 2.18. The normalized spacial score (nSPS) is 21.6. The number of rotatable bonds is 1. The quantitative estimate of drug-likeness (QED) is 0.793. The molecule has 1 amide bonds. The van der Waals surface area contributed by atoms with Gasteiger partial charge in [0.2, 0.25) is 0 Å². The summed E-state index contributed by atoms with van der Waals surface area (Å²) in [5.74, 6) is 0.123. The van der Waals surface area contributed by atoms with Crippen LogP contribution in [0.1, 0.15) is 17.3 Å². The van der Waals surface area contributed by atoms with E-state index in [1.165, 1.54) is 0 Å². The molecule has 1 aliphatic rings. The van der Waals surface area contributed by atoms with Gasteiger partial charge < -0.3 is 9.80 Å². The maximum atomic E-state index is 12.4. The molecule has 4 heteroatoms. The fraction of sp³-hybridized carbons (Fsp3) is 0.462. The molecule has 0 bridgehead atoms. The molecule has 17 heavy (non-hydrogen) atoms. The van der Waals surface area contributed by atoms with Crippen LogP contribution in [0.4, 0.5) is 0 Å². The van der Waals surface area contributed by atoms with E-state index in [0.29, 0.717) is 0 Å². The van der Waals surface area contributed by atoms with Crippen LogP contribution in [0.25, 0.3) is 0 Å². The van der Waals surface area contributed by atoms with Crippen molar-refractivity contribution in [1.29, 1.82) is 0 Å². The Hall–Kier alpha value is -0.870. The molecule has 0 radical (unpaired) electrons. The predicted octanol–water partition coefficient (Wildman–Crippen LogP) is 2.23. The van der Waals surface area contributed by atoms with Crippen molar-refractivity contribution >= 4 is 21.8 Å². The van der Waals surface area contributed by atoms with Crippen molar-refractivity contribution in [3.8, 4) is 0 Å². The molecule has 1 unspecified atom stereocenters. The second-order valence-electron chi connectivity index (χ2n) is 4.59. The summed E-state index contributed by atoms with van der Waals surface area (Å²) in [4.78, 5) is 16.6. The van der Waals surface area contributed by atoms with Gasteiger partial charge >= 0.3 is 0 Å². The summed E-state index contributed by atoms with van der Waals surface area (Å²) in [5, 5.41) is 0. The number of halogens is 1. The number of hydrogen-bond donors (Lipinski definition) is 0. The summed E-state index contributed by atoms with van der Waals surface area (Å²) in [5.41, 5.74) is 0.754. The molecule has 1 heterocycles. The van der Waals surface area contributed by atoms with Crippen LogP contribution in [0.15, 0.2) is 28.7 Å². The summed E-state index contributed by atoms with van der Waals surface area (Å²) in [6, 6.07) is 7.88. The Labute approximate surface area is 111 Å². The van der Waals surface area contributed by atoms with Crippen LogP contribution in [-0.2, 0) is 0 Å². The van der Waals surface area contributed by atoms with Crippen LogP contribution in [-0.4, -0.2) is 48.4 Å². The van der Waals surface area contributed by atoms with Gasteiger partial charge in [0.05, 0.1) is 5.56 Å². The minimum absolute atomic E-state index is 0.123. The topological polar surface area (TPSA) is 23.6 Å². The van der Waals surface area contributed by atoms with Crippen LogP contribution in [0, 0.1) is 0 Å². The van der Waals surface area contributed by atoms with Gasteiger partial charge in [0, 0.05) is 30.1 Å². The maximum Gasteiger partial charge on any atom is 0.255 e. The van der Waals surface area contributed by atoms with Crippen LogP contribution in [0.5, 0.6) is 0 Å². The minimum Gasteiger partial charge on any atom is -0.333 e. The molecule has 1 saturated heterocycles. The van der Waals surface area contributed by atoms with Gasteiger partial charge in [-0.05, 0) is 42.0 Å². The van der Waals surface area contributed by atoms with Crippen LogP contribution >= 0.6 is 15.9 Å². The van der Waals surface area contributed by atoms with Gasteiger partial charge in [0.15, 0.2) is 0 Å². The van der Waals surface area contributed by atoms with E-state index in [-0.39, 0.29) is 11.9 Å². The van der Waals surface area contributed by atoms with Gasteiger partial charge in [-0.25, -0.2) is 0 Å². The molecule has 1 aromatic carbocycles. The van der Waals surface area contributed by atoms with E-state index in [4.69, 9.17) is 0 Å². The summed E-state index contributed by atoms with van der Waals surface area (Å²) >= 11 is 3.44. The van der Waals surface area contributed by atoms with Gasteiger partial charge in [0.25, 0.3) is 5.91 Å². The summed E-state index contributed by atoms with van der Waals surface area (Å²) in [6.45, 7) is 4.79. The van der Waals surface area contributed by atoms with E-state index in [9.17, 15) is 4.79 Å². The third kappa shape index (κ3) is 2.69. The van der Waals surface area contributed by atoms with Crippen molar-refractivity contribution < 1.29 is 4.79 Å². The highest BCUT2D eigenvalue weighted by Crippen LogP contribution is 2.20. The molecule has 0 aliphatic carbocycles. The van der Waals surface area contributed by atoms with Crippen LogP contribution in [0.3, 0.4) is 0 Å². The molecule has 0 aromatic heterocycles. The second-order valence-corrected chi connectivity index (χ2v) is 5.44. The van der Waals surface area contributed by atoms with E-state index in [1.807, 2.05) is 29.2 Å². The van der Waals surface area contributed by atoms with Gasteiger partial charge in [-0.15, -0.1) is 0 Å². The molecule has 1 atom stereocenters. The number of hydrogen-bond acceptors (Lipinski definition) is 2. The van der Waals surface area contributed by atoms with Gasteiger partial charge in [-0.3, -0.25) is 4.79 Å². The Bertz CT molecular complexity index is 422. The van der Waals surface area contributed by atoms with Crippen LogP contribution < -0.4 is 0 Å². The Morgan fingerprint density at radius 1 is 1.35 bits per heavy atom. The largest absolute Gasteiger partial charge is 0.333 e. The van der Waals surface area contributed by atoms with E-state index in [2.05, 4.69) is 34.8 Å². The zero-order valence-corrected chi connectivity index (χ0v) is 11.8. The molecule has 0 saturated carbocycles. The van der Waals surface area contributed by atoms with E-state index in [0.717, 1.165) is 29.7 Å². The molecule has 0 spiro atoms. The number of nitrogens with zero attached hydrogens (tertiary/aromatic N) is 2. The third-order valence-corrected chi connectivity index (χ3v) is 3.89. The fourth-order valence-electron chi connectivity index (χ4n) is 2.23. The lowest BCUT2D eigenvalue weighted by Crippen LogP contribution is -2.52. The number of benzene rings is 1. The fourth-order valence-corrected chi connectivity index (χ4v) is 2.69. The first-order chi connectivity index (χ1) is 8.09. The highest BCUT2D eigenvalue weighted by molar-refractivity contribution is 9.10. The monoisotopic (exact) mass is 296 g/mol. The van der Waals surface area contributed by atoms with Gasteiger partial charge in [0.1, 0.15) is 0 Å². The number of likely N-dealkylation sites (N-methyl/N-ethyl adjacent to an activating group) is 1. The standard InChI is InChI=1S/C13H17BrN2O/c1-10-9-15(2)7-8-16(10)13(17)11-5-3-4-6-12(11)14/h3-6,10H,7-9H2,1-2H3. The van der Waals surface area contributed by atoms with Crippen molar-refractivity contribution in [3.05, 3.63) is 34.3 Å². The molecule has 1 fully saturated rings. The molecule has 1 aliphatic heterocycles. The van der Waals surface area contributed by atoms with E-state index >= 15 is 0 Å². The second kappa shape index (κ2) is 5.19. The molecule has 92 valence electrons. The van der Waals surface area contributed by atoms with Crippen LogP contribution in [0.2, 0.25) is 0 Å². The number of carbonyl (C=O) groups excluding carboxylic acids is 1. The predicted molar refractivity (Wildman–Crippen MR) is 72.1 cm³/mol. The van der Waals surface area contributed by atoms with Crippen molar-refractivity contribution in [2.75, 3.05) is 26.7 Å². The molecule has 2 rings (SSSR count). The molecular weight excluding hydrogens is 280 g/mol. The third-order valence-electron chi connectivity index (χ3n) is 3.20. The Morgan fingerprint density at radius 3 is 2.71 bits per heavy atom. The first-order valence-electron chi connectivity index (χ1n) is 5.83. The molecule has 0 N–H and O–H groups in total. The maximum absolute atomic E-state index is 12.4. The first-order valence-corrected chi connectivity index (χ1v) is 6.63. The number of piperazine rings is 1. The summed E-state index contributed by atoms with van der Waals surface area (Å²) < 4.78 is 0.871. The zero-order chi connectivity index (χ0) is 12.4. The first kappa shape index (κ1) is 12.6. The van der Waals surface area contributed by atoms with Crippen molar-refractivity contribution in [1.82, 2.24) is 9.80 Å². The lowest BCUT2D eigenvalue weighted by atomic mass is 10.1. The number of amides is 1. The van der Waals surface area contributed by atoms with Crippen molar-refractivity contribution in [2.45, 2.75) is 13.0 Å². The lowest BCUT2D eigenvalue weighted by Gasteiger charge is -2.38. The Morgan fingerprint density at radius 2 is 2.06 bits per heavy atom. The number of carbonyl (C=O) groups is 1. The molecule has 1 aromatic rings. The Kier molecular flexibility index (Phi) is 3.84. The zero-order valence-electron chi connectivity index (χ0n) is 10.2. The smallest absolute Gasteiger partial charge is 0.255 e. The van der Waals surface area contributed by atoms with E-state index in [1.54, 1.807) is 0 Å². The van der Waals surface area contributed by atoms with Gasteiger partial charge in [-0.2, -0.15) is 0 Å². The average Bonchev–Trinajstić information content (AvgIpc) is 2.29. The summed E-state index contributed by atoms with van der Waals surface area (Å²) in [6.07, 6.45) is 0. The highest BCUT2D eigenvalue weighted by atomic mass is 79.9. The SMILES string of the molecule is CC1CN(C)CCN1C(=O)c1ccccc1Br. The lowest BCUT2D eigenvalue weighted by molar-refractivity contribution is 0.0532.